The molecule has 1 saturated heterocycles. The molecular formula is C21H27N3OS. The molecule has 138 valence electrons. The van der Waals surface area contributed by atoms with E-state index in [1.54, 1.807) is 11.8 Å². The summed E-state index contributed by atoms with van der Waals surface area (Å²) in [5, 5.41) is 20.8. The van der Waals surface area contributed by atoms with Crippen molar-refractivity contribution in [3.05, 3.63) is 28.8 Å². The number of benzene rings is 1. The van der Waals surface area contributed by atoms with Gasteiger partial charge in [0, 0.05) is 11.8 Å². The first-order valence-corrected chi connectivity index (χ1v) is 10.9. The van der Waals surface area contributed by atoms with E-state index in [2.05, 4.69) is 11.0 Å². The van der Waals surface area contributed by atoms with E-state index < -0.39 is 0 Å². The largest absolute Gasteiger partial charge is 0.391 e. The summed E-state index contributed by atoms with van der Waals surface area (Å²) in [5.74, 6) is 0.908. The molecule has 0 amide bonds. The Labute approximate surface area is 160 Å². The number of rotatable bonds is 3. The Morgan fingerprint density at radius 2 is 1.92 bits per heavy atom. The Morgan fingerprint density at radius 1 is 1.19 bits per heavy atom. The minimum atomic E-state index is -0.342. The van der Waals surface area contributed by atoms with Gasteiger partial charge in [0.15, 0.2) is 5.17 Å². The van der Waals surface area contributed by atoms with Crippen LogP contribution in [0, 0.1) is 11.3 Å². The van der Waals surface area contributed by atoms with Gasteiger partial charge in [0.2, 0.25) is 0 Å². The molecule has 0 bridgehead atoms. The lowest BCUT2D eigenvalue weighted by atomic mass is 9.87. The zero-order valence-electron chi connectivity index (χ0n) is 15.4. The van der Waals surface area contributed by atoms with Crippen molar-refractivity contribution in [3.63, 3.8) is 0 Å². The third kappa shape index (κ3) is 3.25. The minimum absolute atomic E-state index is 0.163. The number of aliphatic hydroxyl groups excluding tert-OH is 1. The van der Waals surface area contributed by atoms with Crippen LogP contribution < -0.4 is 0 Å². The highest BCUT2D eigenvalue weighted by Crippen LogP contribution is 2.38. The second-order valence-electron chi connectivity index (χ2n) is 7.77. The van der Waals surface area contributed by atoms with Crippen LogP contribution in [0.2, 0.25) is 0 Å². The van der Waals surface area contributed by atoms with Gasteiger partial charge in [-0.25, -0.2) is 4.99 Å². The SMILES string of the molecule is CC(O)[C@H]1CSC(=Nc2ccc(C#N)c3c2CCCC3)N1C1CCCC1. The number of hydrogen-bond donors (Lipinski definition) is 1. The second kappa shape index (κ2) is 7.62. The standard InChI is InChI=1S/C21H27N3OS/c1-14(25)20-13-26-21(24(20)16-6-2-3-7-16)23-19-11-10-15(12-22)17-8-4-5-9-18(17)19/h10-11,14,16,20,25H,2-9,13H2,1H3/t14?,20-/m1/s1. The molecular weight excluding hydrogens is 342 g/mol. The van der Waals surface area contributed by atoms with Gasteiger partial charge >= 0.3 is 0 Å². The molecule has 2 fully saturated rings. The quantitative estimate of drug-likeness (QED) is 0.869. The molecule has 1 unspecified atom stereocenters. The summed E-state index contributed by atoms with van der Waals surface area (Å²) < 4.78 is 0. The third-order valence-electron chi connectivity index (χ3n) is 6.08. The van der Waals surface area contributed by atoms with Crippen molar-refractivity contribution >= 4 is 22.6 Å². The molecule has 3 aliphatic rings. The summed E-state index contributed by atoms with van der Waals surface area (Å²) in [4.78, 5) is 7.50. The van der Waals surface area contributed by atoms with Crippen molar-refractivity contribution < 1.29 is 5.11 Å². The van der Waals surface area contributed by atoms with E-state index in [1.807, 2.05) is 19.1 Å². The Bertz CT molecular complexity index is 746. The zero-order chi connectivity index (χ0) is 18.1. The number of amidine groups is 1. The summed E-state index contributed by atoms with van der Waals surface area (Å²) in [6.45, 7) is 1.90. The van der Waals surface area contributed by atoms with Crippen molar-refractivity contribution in [3.8, 4) is 6.07 Å². The number of aliphatic hydroxyl groups is 1. The molecule has 1 heterocycles. The van der Waals surface area contributed by atoms with Crippen LogP contribution in [0.25, 0.3) is 0 Å². The molecule has 5 heteroatoms. The predicted octanol–water partition coefficient (Wildman–Crippen LogP) is 4.17. The van der Waals surface area contributed by atoms with Crippen molar-refractivity contribution in [1.82, 2.24) is 4.90 Å². The fourth-order valence-electron chi connectivity index (χ4n) is 4.69. The van der Waals surface area contributed by atoms with Gasteiger partial charge in [-0.05, 0) is 68.7 Å². The fourth-order valence-corrected chi connectivity index (χ4v) is 6.04. The molecule has 0 aromatic heterocycles. The molecule has 0 radical (unpaired) electrons. The van der Waals surface area contributed by atoms with E-state index >= 15 is 0 Å². The van der Waals surface area contributed by atoms with Crippen molar-refractivity contribution in [1.29, 1.82) is 5.26 Å². The molecule has 0 spiro atoms. The highest BCUT2D eigenvalue weighted by atomic mass is 32.2. The monoisotopic (exact) mass is 369 g/mol. The Hall–Kier alpha value is -1.51. The first kappa shape index (κ1) is 17.9. The number of nitrogens with zero attached hydrogens (tertiary/aromatic N) is 3. The number of fused-ring (bicyclic) bond motifs is 1. The molecule has 4 nitrogen and oxygen atoms in total. The lowest BCUT2D eigenvalue weighted by molar-refractivity contribution is 0.0976. The lowest BCUT2D eigenvalue weighted by Crippen LogP contribution is -2.46. The number of aliphatic imine (C=N–C) groups is 1. The van der Waals surface area contributed by atoms with E-state index in [0.717, 1.165) is 41.4 Å². The lowest BCUT2D eigenvalue weighted by Gasteiger charge is -2.33. The smallest absolute Gasteiger partial charge is 0.165 e. The topological polar surface area (TPSA) is 59.6 Å². The van der Waals surface area contributed by atoms with Gasteiger partial charge in [0.05, 0.1) is 29.5 Å². The Morgan fingerprint density at radius 3 is 2.62 bits per heavy atom. The maximum Gasteiger partial charge on any atom is 0.165 e. The summed E-state index contributed by atoms with van der Waals surface area (Å²) in [7, 11) is 0. The van der Waals surface area contributed by atoms with Crippen LogP contribution in [0.5, 0.6) is 0 Å². The molecule has 2 aliphatic carbocycles. The summed E-state index contributed by atoms with van der Waals surface area (Å²) in [5.41, 5.74) is 4.34. The Kier molecular flexibility index (Phi) is 5.24. The molecule has 1 aromatic rings. The first-order chi connectivity index (χ1) is 12.7. The van der Waals surface area contributed by atoms with Gasteiger partial charge in [-0.15, -0.1) is 0 Å². The first-order valence-electron chi connectivity index (χ1n) is 9.92. The van der Waals surface area contributed by atoms with Crippen LogP contribution in [0.3, 0.4) is 0 Å². The zero-order valence-corrected chi connectivity index (χ0v) is 16.3. The van der Waals surface area contributed by atoms with E-state index in [-0.39, 0.29) is 12.1 Å². The van der Waals surface area contributed by atoms with Gasteiger partial charge in [0.1, 0.15) is 0 Å². The van der Waals surface area contributed by atoms with Crippen molar-refractivity contribution in [2.75, 3.05) is 5.75 Å². The predicted molar refractivity (Wildman–Crippen MR) is 107 cm³/mol. The molecule has 1 aromatic carbocycles. The van der Waals surface area contributed by atoms with E-state index in [1.165, 1.54) is 43.2 Å². The number of nitriles is 1. The van der Waals surface area contributed by atoms with E-state index in [0.29, 0.717) is 6.04 Å². The van der Waals surface area contributed by atoms with Crippen LogP contribution in [0.1, 0.15) is 62.1 Å². The molecule has 26 heavy (non-hydrogen) atoms. The van der Waals surface area contributed by atoms with Crippen LogP contribution in [0.4, 0.5) is 5.69 Å². The van der Waals surface area contributed by atoms with E-state index in [4.69, 9.17) is 4.99 Å². The molecule has 1 saturated carbocycles. The van der Waals surface area contributed by atoms with Gasteiger partial charge in [-0.2, -0.15) is 5.26 Å². The average Bonchev–Trinajstić information content (AvgIpc) is 3.31. The second-order valence-corrected chi connectivity index (χ2v) is 8.75. The summed E-state index contributed by atoms with van der Waals surface area (Å²) >= 11 is 1.78. The van der Waals surface area contributed by atoms with Gasteiger partial charge in [0.25, 0.3) is 0 Å². The summed E-state index contributed by atoms with van der Waals surface area (Å²) in [6, 6.07) is 7.00. The Balaban J connectivity index is 1.72. The fraction of sp³-hybridized carbons (Fsp3) is 0.619. The van der Waals surface area contributed by atoms with Gasteiger partial charge in [-0.1, -0.05) is 24.6 Å². The number of hydrogen-bond acceptors (Lipinski definition) is 4. The van der Waals surface area contributed by atoms with Crippen LogP contribution in [0.15, 0.2) is 17.1 Å². The molecule has 4 rings (SSSR count). The van der Waals surface area contributed by atoms with Gasteiger partial charge in [-0.3, -0.25) is 0 Å². The number of thioether (sulfide) groups is 1. The van der Waals surface area contributed by atoms with Crippen LogP contribution in [-0.2, 0) is 12.8 Å². The van der Waals surface area contributed by atoms with Gasteiger partial charge < -0.3 is 10.0 Å². The normalized spacial score (nSPS) is 26.1. The van der Waals surface area contributed by atoms with Crippen molar-refractivity contribution in [2.45, 2.75) is 76.5 Å². The summed E-state index contributed by atoms with van der Waals surface area (Å²) in [6.07, 6.45) is 8.96. The van der Waals surface area contributed by atoms with E-state index in [9.17, 15) is 10.4 Å². The van der Waals surface area contributed by atoms with Crippen LogP contribution >= 0.6 is 11.8 Å². The third-order valence-corrected chi connectivity index (χ3v) is 7.15. The maximum atomic E-state index is 10.3. The molecule has 1 N–H and O–H groups in total. The average molecular weight is 370 g/mol. The maximum absolute atomic E-state index is 10.3. The minimum Gasteiger partial charge on any atom is -0.391 e. The van der Waals surface area contributed by atoms with Crippen LogP contribution in [-0.4, -0.2) is 39.1 Å². The highest BCUT2D eigenvalue weighted by molar-refractivity contribution is 8.14. The van der Waals surface area contributed by atoms with Crippen molar-refractivity contribution in [2.24, 2.45) is 4.99 Å². The molecule has 2 atom stereocenters. The highest BCUT2D eigenvalue weighted by Gasteiger charge is 2.39. The molecule has 1 aliphatic heterocycles.